The topological polar surface area (TPSA) is 63.6 Å². The molecule has 0 unspecified atom stereocenters. The molecule has 0 fully saturated rings. The predicted molar refractivity (Wildman–Crippen MR) is 56.3 cm³/mol. The van der Waals surface area contributed by atoms with E-state index in [0.29, 0.717) is 0 Å². The summed E-state index contributed by atoms with van der Waals surface area (Å²) in [4.78, 5) is 21.8. The molecule has 0 amide bonds. The standard InChI is InChI=1S/C12H8O4/c13-10-3-1-2-8(6-10)4-5-9-7-11(14)16-12(9)15/h1-7,13H. The van der Waals surface area contributed by atoms with Gasteiger partial charge < -0.3 is 9.84 Å². The molecule has 80 valence electrons. The average Bonchev–Trinajstić information content (AvgIpc) is 2.54. The van der Waals surface area contributed by atoms with Crippen LogP contribution in [-0.2, 0) is 14.3 Å². The number of cyclic esters (lactones) is 2. The second-order valence-electron chi connectivity index (χ2n) is 3.24. The van der Waals surface area contributed by atoms with Crippen molar-refractivity contribution in [1.82, 2.24) is 0 Å². The van der Waals surface area contributed by atoms with Gasteiger partial charge in [0.15, 0.2) is 0 Å². The Morgan fingerprint density at radius 2 is 2.00 bits per heavy atom. The van der Waals surface area contributed by atoms with Crippen molar-refractivity contribution in [2.45, 2.75) is 0 Å². The molecule has 0 aliphatic carbocycles. The van der Waals surface area contributed by atoms with Gasteiger partial charge in [-0.25, -0.2) is 9.59 Å². The van der Waals surface area contributed by atoms with Gasteiger partial charge in [-0.1, -0.05) is 18.2 Å². The molecular formula is C12H8O4. The first-order chi connectivity index (χ1) is 7.65. The number of ether oxygens (including phenoxy) is 1. The molecule has 2 rings (SSSR count). The van der Waals surface area contributed by atoms with Gasteiger partial charge in [-0.2, -0.15) is 0 Å². The minimum Gasteiger partial charge on any atom is -0.508 e. The highest BCUT2D eigenvalue weighted by Gasteiger charge is 2.20. The summed E-state index contributed by atoms with van der Waals surface area (Å²) < 4.78 is 4.31. The van der Waals surface area contributed by atoms with E-state index in [9.17, 15) is 14.7 Å². The summed E-state index contributed by atoms with van der Waals surface area (Å²) >= 11 is 0. The Balaban J connectivity index is 2.19. The molecule has 4 heteroatoms. The van der Waals surface area contributed by atoms with Crippen molar-refractivity contribution in [1.29, 1.82) is 0 Å². The molecule has 1 heterocycles. The van der Waals surface area contributed by atoms with Crippen LogP contribution in [0.25, 0.3) is 6.08 Å². The number of benzene rings is 1. The van der Waals surface area contributed by atoms with Crippen LogP contribution in [0.4, 0.5) is 0 Å². The minimum atomic E-state index is -0.652. The average molecular weight is 216 g/mol. The third-order valence-electron chi connectivity index (χ3n) is 2.03. The summed E-state index contributed by atoms with van der Waals surface area (Å²) in [7, 11) is 0. The molecule has 0 bridgehead atoms. The van der Waals surface area contributed by atoms with Gasteiger partial charge in [-0.15, -0.1) is 0 Å². The zero-order valence-electron chi connectivity index (χ0n) is 8.21. The molecule has 1 N–H and O–H groups in total. The van der Waals surface area contributed by atoms with E-state index in [0.717, 1.165) is 11.6 Å². The maximum absolute atomic E-state index is 11.1. The van der Waals surface area contributed by atoms with Crippen LogP contribution in [0.3, 0.4) is 0 Å². The first-order valence-electron chi connectivity index (χ1n) is 4.60. The van der Waals surface area contributed by atoms with Crippen LogP contribution in [-0.4, -0.2) is 17.0 Å². The third kappa shape index (κ3) is 2.17. The van der Waals surface area contributed by atoms with Crippen molar-refractivity contribution in [2.75, 3.05) is 0 Å². The molecule has 0 saturated heterocycles. The second-order valence-corrected chi connectivity index (χ2v) is 3.24. The number of aromatic hydroxyl groups is 1. The van der Waals surface area contributed by atoms with E-state index >= 15 is 0 Å². The van der Waals surface area contributed by atoms with Crippen molar-refractivity contribution in [3.8, 4) is 5.75 Å². The largest absolute Gasteiger partial charge is 0.508 e. The molecule has 4 nitrogen and oxygen atoms in total. The van der Waals surface area contributed by atoms with Gasteiger partial charge in [-0.05, 0) is 23.8 Å². The fraction of sp³-hybridized carbons (Fsp3) is 0. The maximum atomic E-state index is 11.1. The number of esters is 2. The molecule has 16 heavy (non-hydrogen) atoms. The fourth-order valence-corrected chi connectivity index (χ4v) is 1.30. The third-order valence-corrected chi connectivity index (χ3v) is 2.03. The summed E-state index contributed by atoms with van der Waals surface area (Å²) in [6.45, 7) is 0. The number of phenols is 1. The van der Waals surface area contributed by atoms with Gasteiger partial charge in [0.25, 0.3) is 0 Å². The summed E-state index contributed by atoms with van der Waals surface area (Å²) in [6, 6.07) is 6.53. The summed E-state index contributed by atoms with van der Waals surface area (Å²) in [5.41, 5.74) is 0.932. The monoisotopic (exact) mass is 216 g/mol. The lowest BCUT2D eigenvalue weighted by Gasteiger charge is -1.94. The molecule has 0 aromatic heterocycles. The van der Waals surface area contributed by atoms with Crippen molar-refractivity contribution in [3.05, 3.63) is 47.6 Å². The number of rotatable bonds is 2. The van der Waals surface area contributed by atoms with E-state index in [2.05, 4.69) is 4.74 Å². The second kappa shape index (κ2) is 4.02. The summed E-state index contributed by atoms with van der Waals surface area (Å²) in [6.07, 6.45) is 4.22. The Hall–Kier alpha value is -2.36. The Morgan fingerprint density at radius 1 is 1.19 bits per heavy atom. The number of carbonyl (C=O) groups excluding carboxylic acids is 2. The Bertz CT molecular complexity index is 512. The van der Waals surface area contributed by atoms with Gasteiger partial charge in [0, 0.05) is 6.08 Å². The van der Waals surface area contributed by atoms with Gasteiger partial charge in [-0.3, -0.25) is 0 Å². The van der Waals surface area contributed by atoms with Crippen molar-refractivity contribution >= 4 is 18.0 Å². The van der Waals surface area contributed by atoms with Crippen molar-refractivity contribution < 1.29 is 19.4 Å². The lowest BCUT2D eigenvalue weighted by molar-refractivity contribution is -0.150. The van der Waals surface area contributed by atoms with Crippen molar-refractivity contribution in [3.63, 3.8) is 0 Å². The van der Waals surface area contributed by atoms with Crippen LogP contribution in [0.2, 0.25) is 0 Å². The van der Waals surface area contributed by atoms with Crippen LogP contribution in [0.5, 0.6) is 5.75 Å². The quantitative estimate of drug-likeness (QED) is 0.599. The predicted octanol–water partition coefficient (Wildman–Crippen LogP) is 1.42. The van der Waals surface area contributed by atoms with E-state index in [1.807, 2.05) is 0 Å². The van der Waals surface area contributed by atoms with E-state index in [1.54, 1.807) is 30.3 Å². The number of carbonyl (C=O) groups is 2. The molecule has 1 aromatic rings. The summed E-state index contributed by atoms with van der Waals surface area (Å²) in [5, 5.41) is 9.20. The van der Waals surface area contributed by atoms with Gasteiger partial charge in [0.1, 0.15) is 5.75 Å². The summed E-state index contributed by atoms with van der Waals surface area (Å²) in [5.74, 6) is -1.16. The smallest absolute Gasteiger partial charge is 0.346 e. The van der Waals surface area contributed by atoms with E-state index in [1.165, 1.54) is 6.08 Å². The van der Waals surface area contributed by atoms with Crippen LogP contribution in [0.1, 0.15) is 5.56 Å². The Labute approximate surface area is 91.5 Å². The lowest BCUT2D eigenvalue weighted by Crippen LogP contribution is -2.00. The highest BCUT2D eigenvalue weighted by atomic mass is 16.6. The van der Waals surface area contributed by atoms with Gasteiger partial charge >= 0.3 is 11.9 Å². The molecule has 0 saturated carbocycles. The molecule has 0 atom stereocenters. The van der Waals surface area contributed by atoms with Gasteiger partial charge in [0.05, 0.1) is 5.57 Å². The highest BCUT2D eigenvalue weighted by molar-refractivity contribution is 6.11. The number of hydrogen-bond acceptors (Lipinski definition) is 4. The lowest BCUT2D eigenvalue weighted by atomic mass is 10.1. The number of hydrogen-bond donors (Lipinski definition) is 1. The molecule has 1 aliphatic heterocycles. The van der Waals surface area contributed by atoms with Crippen LogP contribution >= 0.6 is 0 Å². The normalized spacial score (nSPS) is 15.4. The van der Waals surface area contributed by atoms with E-state index in [-0.39, 0.29) is 11.3 Å². The van der Waals surface area contributed by atoms with Crippen LogP contribution in [0, 0.1) is 0 Å². The SMILES string of the molecule is O=C1C=C(C=Cc2cccc(O)c2)C(=O)O1. The molecule has 0 radical (unpaired) electrons. The molecule has 1 aliphatic rings. The van der Waals surface area contributed by atoms with Crippen LogP contribution < -0.4 is 0 Å². The Morgan fingerprint density at radius 3 is 2.62 bits per heavy atom. The first kappa shape index (κ1) is 10.2. The highest BCUT2D eigenvalue weighted by Crippen LogP contribution is 2.15. The number of phenolic OH excluding ortho intramolecular Hbond substituents is 1. The van der Waals surface area contributed by atoms with E-state index in [4.69, 9.17) is 0 Å². The van der Waals surface area contributed by atoms with Crippen LogP contribution in [0.15, 0.2) is 42.0 Å². The molecule has 0 spiro atoms. The minimum absolute atomic E-state index is 0.140. The van der Waals surface area contributed by atoms with E-state index < -0.39 is 11.9 Å². The van der Waals surface area contributed by atoms with Crippen molar-refractivity contribution in [2.24, 2.45) is 0 Å². The molecule has 1 aromatic carbocycles. The maximum Gasteiger partial charge on any atom is 0.346 e. The zero-order chi connectivity index (χ0) is 11.5. The zero-order valence-corrected chi connectivity index (χ0v) is 8.21. The Kier molecular flexibility index (Phi) is 2.55. The van der Waals surface area contributed by atoms with Gasteiger partial charge in [0.2, 0.25) is 0 Å². The molecular weight excluding hydrogens is 208 g/mol. The fourth-order valence-electron chi connectivity index (χ4n) is 1.30. The first-order valence-corrected chi connectivity index (χ1v) is 4.60.